The normalized spacial score (nSPS) is 11.0. The molecule has 0 saturated heterocycles. The van der Waals surface area contributed by atoms with Crippen LogP contribution in [-0.4, -0.2) is 26.8 Å². The third kappa shape index (κ3) is 5.02. The van der Waals surface area contributed by atoms with E-state index in [1.165, 1.54) is 0 Å². The van der Waals surface area contributed by atoms with Gasteiger partial charge in [-0.25, -0.2) is 4.79 Å². The Hall–Kier alpha value is -1.99. The van der Waals surface area contributed by atoms with Gasteiger partial charge in [-0.05, 0) is 68.6 Å². The number of anilines is 1. The lowest BCUT2D eigenvalue weighted by atomic mass is 10.1. The highest BCUT2D eigenvalue weighted by atomic mass is 79.9. The summed E-state index contributed by atoms with van der Waals surface area (Å²) in [6.45, 7) is 2.07. The number of hydrogen-bond donors (Lipinski definition) is 1. The zero-order valence-corrected chi connectivity index (χ0v) is 17.8. The molecule has 0 radical (unpaired) electrons. The minimum absolute atomic E-state index is 0.298. The van der Waals surface area contributed by atoms with Crippen LogP contribution in [0.2, 0.25) is 0 Å². The van der Waals surface area contributed by atoms with Crippen molar-refractivity contribution >= 4 is 49.1 Å². The van der Waals surface area contributed by atoms with E-state index in [4.69, 9.17) is 14.2 Å². The quantitative estimate of drug-likeness (QED) is 0.430. The maximum atomic E-state index is 12.4. The summed E-state index contributed by atoms with van der Waals surface area (Å²) in [5.74, 6) is 1.00. The number of halogens is 2. The van der Waals surface area contributed by atoms with Crippen LogP contribution in [0, 0.1) is 0 Å². The highest BCUT2D eigenvalue weighted by Crippen LogP contribution is 2.36. The third-order valence-corrected chi connectivity index (χ3v) is 4.66. The lowest BCUT2D eigenvalue weighted by Crippen LogP contribution is -2.08. The Kier molecular flexibility index (Phi) is 7.53. The molecule has 5 nitrogen and oxygen atoms in total. The molecule has 0 saturated carbocycles. The third-order valence-electron chi connectivity index (χ3n) is 3.48. The first kappa shape index (κ1) is 20.3. The molecule has 2 aromatic rings. The van der Waals surface area contributed by atoms with Crippen LogP contribution in [-0.2, 0) is 9.53 Å². The Balaban J connectivity index is 2.34. The number of hydrogen-bond acceptors (Lipinski definition) is 5. The molecule has 0 aliphatic carbocycles. The Morgan fingerprint density at radius 2 is 1.69 bits per heavy atom. The molecule has 0 fully saturated rings. The molecule has 1 N–H and O–H groups in total. The summed E-state index contributed by atoms with van der Waals surface area (Å²) < 4.78 is 17.2. The van der Waals surface area contributed by atoms with Gasteiger partial charge >= 0.3 is 5.97 Å². The Morgan fingerprint density at radius 3 is 2.19 bits per heavy atom. The zero-order chi connectivity index (χ0) is 19.1. The van der Waals surface area contributed by atoms with Crippen molar-refractivity contribution in [2.24, 2.45) is 0 Å². The van der Waals surface area contributed by atoms with Gasteiger partial charge in [0.2, 0.25) is 0 Å². The van der Waals surface area contributed by atoms with Gasteiger partial charge < -0.3 is 19.5 Å². The first-order valence-electron chi connectivity index (χ1n) is 7.81. The second-order valence-electron chi connectivity index (χ2n) is 5.12. The van der Waals surface area contributed by atoms with Crippen LogP contribution in [0.5, 0.6) is 11.5 Å². The highest BCUT2D eigenvalue weighted by Gasteiger charge is 2.14. The molecule has 0 aromatic heterocycles. The molecule has 0 amide bonds. The first-order valence-corrected chi connectivity index (χ1v) is 9.40. The van der Waals surface area contributed by atoms with Crippen molar-refractivity contribution in [1.82, 2.24) is 0 Å². The fourth-order valence-corrected chi connectivity index (χ4v) is 3.74. The minimum atomic E-state index is -0.406. The molecule has 0 bridgehead atoms. The summed E-state index contributed by atoms with van der Waals surface area (Å²) in [5, 5.41) is 3.13. The van der Waals surface area contributed by atoms with Gasteiger partial charge in [0.15, 0.2) is 0 Å². The Bertz CT molecular complexity index is 781. The number of carbonyl (C=O) groups is 1. The van der Waals surface area contributed by atoms with Crippen LogP contribution < -0.4 is 14.8 Å². The fourth-order valence-electron chi connectivity index (χ4n) is 2.23. The SMILES string of the molecule is CCOC(=O)/C(=C\Nc1cc(Br)c(OC)c(Br)c1)c1ccc(OC)cc1. The number of carbonyl (C=O) groups excluding carboxylic acids is 1. The van der Waals surface area contributed by atoms with E-state index in [1.807, 2.05) is 24.3 Å². The van der Waals surface area contributed by atoms with Crippen LogP contribution in [0.3, 0.4) is 0 Å². The van der Waals surface area contributed by atoms with Crippen molar-refractivity contribution < 1.29 is 19.0 Å². The summed E-state index contributed by atoms with van der Waals surface area (Å²) in [7, 11) is 3.19. The maximum absolute atomic E-state index is 12.4. The van der Waals surface area contributed by atoms with Gasteiger partial charge in [0.25, 0.3) is 0 Å². The van der Waals surface area contributed by atoms with Gasteiger partial charge in [-0.1, -0.05) is 12.1 Å². The predicted octanol–water partition coefficient (Wildman–Crippen LogP) is 5.24. The van der Waals surface area contributed by atoms with Crippen LogP contribution >= 0.6 is 31.9 Å². The molecule has 2 aromatic carbocycles. The molecule has 0 heterocycles. The minimum Gasteiger partial charge on any atom is -0.497 e. The highest BCUT2D eigenvalue weighted by molar-refractivity contribution is 9.11. The standard InChI is InChI=1S/C19H19Br2NO4/c1-4-26-19(23)15(12-5-7-14(24-2)8-6-12)11-22-13-9-16(20)18(25-3)17(21)10-13/h5-11,22H,4H2,1-3H3/b15-11-. The summed E-state index contributed by atoms with van der Waals surface area (Å²) in [4.78, 5) is 12.4. The van der Waals surface area contributed by atoms with Crippen LogP contribution in [0.15, 0.2) is 51.5 Å². The monoisotopic (exact) mass is 483 g/mol. The van der Waals surface area contributed by atoms with E-state index in [2.05, 4.69) is 37.2 Å². The van der Waals surface area contributed by atoms with Gasteiger partial charge in [-0.15, -0.1) is 0 Å². The maximum Gasteiger partial charge on any atom is 0.340 e. The Morgan fingerprint density at radius 1 is 1.08 bits per heavy atom. The van der Waals surface area contributed by atoms with Crippen molar-refractivity contribution in [2.75, 3.05) is 26.1 Å². The summed E-state index contributed by atoms with van der Waals surface area (Å²) in [6.07, 6.45) is 1.63. The van der Waals surface area contributed by atoms with E-state index in [1.54, 1.807) is 39.5 Å². The van der Waals surface area contributed by atoms with Crippen molar-refractivity contribution in [3.8, 4) is 11.5 Å². The molecule has 0 atom stereocenters. The second-order valence-corrected chi connectivity index (χ2v) is 6.83. The molecule has 0 aliphatic heterocycles. The van der Waals surface area contributed by atoms with Crippen LogP contribution in [0.1, 0.15) is 12.5 Å². The summed E-state index contributed by atoms with van der Waals surface area (Å²) in [6, 6.07) is 10.9. The van der Waals surface area contributed by atoms with Crippen LogP contribution in [0.25, 0.3) is 5.57 Å². The number of nitrogens with one attached hydrogen (secondary N) is 1. The number of methoxy groups -OCH3 is 2. The topological polar surface area (TPSA) is 56.8 Å². The molecule has 138 valence electrons. The largest absolute Gasteiger partial charge is 0.497 e. The van der Waals surface area contributed by atoms with E-state index < -0.39 is 5.97 Å². The molecule has 2 rings (SSSR count). The van der Waals surface area contributed by atoms with Crippen molar-refractivity contribution in [3.63, 3.8) is 0 Å². The molecule has 0 spiro atoms. The molecule has 0 unspecified atom stereocenters. The molecular weight excluding hydrogens is 466 g/mol. The smallest absolute Gasteiger partial charge is 0.340 e. The number of rotatable bonds is 7. The van der Waals surface area contributed by atoms with Gasteiger partial charge in [0.1, 0.15) is 11.5 Å². The molecule has 0 aliphatic rings. The van der Waals surface area contributed by atoms with Gasteiger partial charge in [-0.2, -0.15) is 0 Å². The van der Waals surface area contributed by atoms with E-state index in [0.717, 1.165) is 20.2 Å². The zero-order valence-electron chi connectivity index (χ0n) is 14.6. The Labute approximate surface area is 169 Å². The number of benzene rings is 2. The number of ether oxygens (including phenoxy) is 3. The van der Waals surface area contributed by atoms with E-state index in [9.17, 15) is 4.79 Å². The van der Waals surface area contributed by atoms with Crippen molar-refractivity contribution in [3.05, 3.63) is 57.1 Å². The lowest BCUT2D eigenvalue weighted by molar-refractivity contribution is -0.136. The number of esters is 1. The first-order chi connectivity index (χ1) is 12.5. The van der Waals surface area contributed by atoms with Gasteiger partial charge in [-0.3, -0.25) is 0 Å². The van der Waals surface area contributed by atoms with Crippen molar-refractivity contribution in [1.29, 1.82) is 0 Å². The fraction of sp³-hybridized carbons (Fsp3) is 0.211. The predicted molar refractivity (Wildman–Crippen MR) is 110 cm³/mol. The van der Waals surface area contributed by atoms with E-state index >= 15 is 0 Å². The molecular formula is C19H19Br2NO4. The van der Waals surface area contributed by atoms with Crippen molar-refractivity contribution in [2.45, 2.75) is 6.92 Å². The summed E-state index contributed by atoms with van der Waals surface area (Å²) >= 11 is 6.92. The second kappa shape index (κ2) is 9.64. The van der Waals surface area contributed by atoms with E-state index in [0.29, 0.717) is 23.7 Å². The average Bonchev–Trinajstić information content (AvgIpc) is 2.62. The van der Waals surface area contributed by atoms with Gasteiger partial charge in [0, 0.05) is 11.9 Å². The molecule has 7 heteroatoms. The van der Waals surface area contributed by atoms with E-state index in [-0.39, 0.29) is 0 Å². The average molecular weight is 485 g/mol. The summed E-state index contributed by atoms with van der Waals surface area (Å²) in [5.41, 5.74) is 1.92. The van der Waals surface area contributed by atoms with Crippen LogP contribution in [0.4, 0.5) is 5.69 Å². The van der Waals surface area contributed by atoms with Gasteiger partial charge in [0.05, 0.1) is 35.3 Å². The molecule has 26 heavy (non-hydrogen) atoms. The lowest BCUT2D eigenvalue weighted by Gasteiger charge is -2.11.